The second-order valence-corrected chi connectivity index (χ2v) is 19.5. The third kappa shape index (κ3) is 12.8. The Morgan fingerprint density at radius 3 is 0.936 bits per heavy atom. The quantitative estimate of drug-likeness (QED) is 0.185. The first-order valence-corrected chi connectivity index (χ1v) is 18.7. The number of aliphatic hydroxyl groups excluding tert-OH is 2. The van der Waals surface area contributed by atoms with Gasteiger partial charge in [0.05, 0.1) is 35.6 Å². The molecule has 12 heteroatoms. The van der Waals surface area contributed by atoms with Crippen LogP contribution in [0, 0.1) is 5.41 Å². The molecule has 0 atom stereocenters. The molecule has 2 aromatic rings. The molecule has 0 spiro atoms. The smallest absolute Gasteiger partial charge is 0.396 e. The number of benzene rings is 2. The molecule has 264 valence electrons. The number of hydrogen-bond acceptors (Lipinski definition) is 10. The Bertz CT molecular complexity index is 1320. The minimum atomic E-state index is -4.21. The lowest BCUT2D eigenvalue weighted by Crippen LogP contribution is -2.35. The zero-order chi connectivity index (χ0) is 36.3. The standard InChI is InChI=1S/C35H54O10P2/c1-31(2,3)42-46(40,43-32(4,5)6)29(38)27-17-13-25(14-18-27)21-35(23-36,24-37)22-26-15-19-28(20-16-26)30(39)47(41,44-33(7,8)9)45-34(10,11)12/h13-20,36-37H,21-24H2,1-12H3. The van der Waals surface area contributed by atoms with Crippen LogP contribution in [0.15, 0.2) is 48.5 Å². The summed E-state index contributed by atoms with van der Waals surface area (Å²) in [5, 5.41) is 20.8. The summed E-state index contributed by atoms with van der Waals surface area (Å²) in [6, 6.07) is 12.8. The molecule has 0 aromatic heterocycles. The van der Waals surface area contributed by atoms with Gasteiger partial charge < -0.3 is 10.2 Å². The summed E-state index contributed by atoms with van der Waals surface area (Å²) in [7, 11) is -8.42. The van der Waals surface area contributed by atoms with E-state index < -0.39 is 54.1 Å². The highest BCUT2D eigenvalue weighted by atomic mass is 31.2. The molecule has 0 aliphatic rings. The molecule has 0 aliphatic carbocycles. The third-order valence-corrected chi connectivity index (χ3v) is 11.0. The zero-order valence-corrected chi connectivity index (χ0v) is 31.8. The summed E-state index contributed by atoms with van der Waals surface area (Å²) in [5.74, 6) is 0. The maximum atomic E-state index is 13.7. The maximum Gasteiger partial charge on any atom is 0.402 e. The van der Waals surface area contributed by atoms with Crippen LogP contribution in [-0.2, 0) is 40.1 Å². The molecule has 0 fully saturated rings. The molecule has 0 unspecified atom stereocenters. The number of rotatable bonds is 14. The van der Waals surface area contributed by atoms with Crippen LogP contribution in [0.25, 0.3) is 0 Å². The van der Waals surface area contributed by atoms with E-state index >= 15 is 0 Å². The van der Waals surface area contributed by atoms with Crippen molar-refractivity contribution in [1.82, 2.24) is 0 Å². The summed E-state index contributed by atoms with van der Waals surface area (Å²) in [6.07, 6.45) is 0.496. The lowest BCUT2D eigenvalue weighted by molar-refractivity contribution is 0.0441. The van der Waals surface area contributed by atoms with Crippen LogP contribution in [0.4, 0.5) is 0 Å². The minimum Gasteiger partial charge on any atom is -0.396 e. The molecule has 2 N–H and O–H groups in total. The summed E-state index contributed by atoms with van der Waals surface area (Å²) in [4.78, 5) is 26.8. The number of hydrogen-bond donors (Lipinski definition) is 2. The van der Waals surface area contributed by atoms with Gasteiger partial charge >= 0.3 is 15.2 Å². The van der Waals surface area contributed by atoms with Crippen molar-refractivity contribution in [3.63, 3.8) is 0 Å². The Balaban J connectivity index is 2.31. The molecular weight excluding hydrogens is 642 g/mol. The monoisotopic (exact) mass is 696 g/mol. The van der Waals surface area contributed by atoms with Crippen LogP contribution in [-0.4, -0.2) is 56.9 Å². The summed E-state index contributed by atoms with van der Waals surface area (Å²) in [6.45, 7) is 19.6. The van der Waals surface area contributed by atoms with Gasteiger partial charge in [0.15, 0.2) is 0 Å². The highest BCUT2D eigenvalue weighted by Crippen LogP contribution is 2.58. The van der Waals surface area contributed by atoms with Crippen molar-refractivity contribution < 1.29 is 47.0 Å². The topological polar surface area (TPSA) is 146 Å². The fraction of sp³-hybridized carbons (Fsp3) is 0.600. The van der Waals surface area contributed by atoms with Gasteiger partial charge in [0.2, 0.25) is 0 Å². The lowest BCUT2D eigenvalue weighted by atomic mass is 9.77. The van der Waals surface area contributed by atoms with Crippen molar-refractivity contribution in [2.24, 2.45) is 5.41 Å². The van der Waals surface area contributed by atoms with E-state index in [0.717, 1.165) is 11.1 Å². The molecule has 2 aromatic carbocycles. The van der Waals surface area contributed by atoms with Gasteiger partial charge in [0.1, 0.15) is 0 Å². The largest absolute Gasteiger partial charge is 0.402 e. The summed E-state index contributed by atoms with van der Waals surface area (Å²) < 4.78 is 50.1. The molecule has 0 saturated carbocycles. The normalized spacial score (nSPS) is 13.9. The molecule has 0 aliphatic heterocycles. The van der Waals surface area contributed by atoms with Crippen molar-refractivity contribution in [1.29, 1.82) is 0 Å². The van der Waals surface area contributed by atoms with E-state index in [1.807, 2.05) is 0 Å². The van der Waals surface area contributed by atoms with Gasteiger partial charge in [0.25, 0.3) is 11.0 Å². The molecule has 2 rings (SSSR count). The van der Waals surface area contributed by atoms with Crippen molar-refractivity contribution in [2.45, 2.75) is 118 Å². The first kappa shape index (κ1) is 41.2. The van der Waals surface area contributed by atoms with Crippen molar-refractivity contribution in [3.05, 3.63) is 70.8 Å². The average molecular weight is 697 g/mol. The first-order chi connectivity index (χ1) is 21.1. The fourth-order valence-corrected chi connectivity index (χ4v) is 8.92. The highest BCUT2D eigenvalue weighted by molar-refractivity contribution is 7.73. The Kier molecular flexibility index (Phi) is 13.0. The number of aliphatic hydroxyl groups is 2. The Hall–Kier alpha value is -2.00. The fourth-order valence-electron chi connectivity index (χ4n) is 4.69. The highest BCUT2D eigenvalue weighted by Gasteiger charge is 2.44. The van der Waals surface area contributed by atoms with E-state index in [4.69, 9.17) is 18.1 Å². The molecule has 0 radical (unpaired) electrons. The van der Waals surface area contributed by atoms with Crippen LogP contribution in [0.2, 0.25) is 0 Å². The molecule has 10 nitrogen and oxygen atoms in total. The molecule has 0 heterocycles. The molecule has 0 amide bonds. The van der Waals surface area contributed by atoms with Crippen LogP contribution in [0.5, 0.6) is 0 Å². The van der Waals surface area contributed by atoms with Gasteiger partial charge in [-0.15, -0.1) is 0 Å². The van der Waals surface area contributed by atoms with Crippen LogP contribution >= 0.6 is 15.2 Å². The van der Waals surface area contributed by atoms with Crippen molar-refractivity contribution in [2.75, 3.05) is 13.2 Å². The zero-order valence-electron chi connectivity index (χ0n) is 30.0. The minimum absolute atomic E-state index is 0.146. The van der Waals surface area contributed by atoms with E-state index in [-0.39, 0.29) is 37.2 Å². The van der Waals surface area contributed by atoms with E-state index in [1.165, 1.54) is 24.3 Å². The van der Waals surface area contributed by atoms with Gasteiger partial charge in [-0.1, -0.05) is 48.5 Å². The Morgan fingerprint density at radius 2 is 0.745 bits per heavy atom. The molecule has 0 bridgehead atoms. The van der Waals surface area contributed by atoms with Crippen LogP contribution < -0.4 is 0 Å². The third-order valence-electron chi connectivity index (χ3n) is 6.30. The second kappa shape index (κ2) is 14.9. The van der Waals surface area contributed by atoms with E-state index in [0.29, 0.717) is 0 Å². The van der Waals surface area contributed by atoms with Gasteiger partial charge in [-0.25, -0.2) is 0 Å². The summed E-state index contributed by atoms with van der Waals surface area (Å²) in [5.41, 5.74) is -4.37. The first-order valence-electron chi connectivity index (χ1n) is 15.7. The van der Waals surface area contributed by atoms with E-state index in [1.54, 1.807) is 107 Å². The van der Waals surface area contributed by atoms with Crippen LogP contribution in [0.1, 0.15) is 115 Å². The number of carbonyl (C=O) groups is 2. The van der Waals surface area contributed by atoms with E-state index in [9.17, 15) is 28.9 Å². The predicted octanol–water partition coefficient (Wildman–Crippen LogP) is 8.37. The Labute approximate surface area is 280 Å². The van der Waals surface area contributed by atoms with Gasteiger partial charge in [-0.3, -0.25) is 36.8 Å². The maximum absolute atomic E-state index is 13.7. The van der Waals surface area contributed by atoms with Gasteiger partial charge in [0, 0.05) is 16.5 Å². The van der Waals surface area contributed by atoms with Crippen molar-refractivity contribution in [3.8, 4) is 0 Å². The van der Waals surface area contributed by atoms with Gasteiger partial charge in [-0.05, 0) is 107 Å². The summed E-state index contributed by atoms with van der Waals surface area (Å²) >= 11 is 0. The van der Waals surface area contributed by atoms with Gasteiger partial charge in [-0.2, -0.15) is 0 Å². The van der Waals surface area contributed by atoms with Crippen molar-refractivity contribution >= 4 is 26.2 Å². The second-order valence-electron chi connectivity index (χ2n) is 16.0. The lowest BCUT2D eigenvalue weighted by Gasteiger charge is -2.31. The average Bonchev–Trinajstić information content (AvgIpc) is 2.88. The SMILES string of the molecule is CC(C)(C)OP(=O)(OC(C)(C)C)C(=O)c1ccc(CC(CO)(CO)Cc2ccc(C(=O)P(=O)(OC(C)(C)C)OC(C)(C)C)cc2)cc1. The molecule has 47 heavy (non-hydrogen) atoms. The van der Waals surface area contributed by atoms with E-state index in [2.05, 4.69) is 0 Å². The van der Waals surface area contributed by atoms with Crippen LogP contribution in [0.3, 0.4) is 0 Å². The molecule has 0 saturated heterocycles. The predicted molar refractivity (Wildman–Crippen MR) is 184 cm³/mol. The number of carbonyl (C=O) groups excluding carboxylic acids is 2. The molecular formula is C35H54O10P2. The Morgan fingerprint density at radius 1 is 0.511 bits per heavy atom.